The third-order valence-electron chi connectivity index (χ3n) is 5.78. The molecule has 0 radical (unpaired) electrons. The molecule has 1 aromatic rings. The Hall–Kier alpha value is -3.70. The summed E-state index contributed by atoms with van der Waals surface area (Å²) in [6.07, 6.45) is 13.6. The number of benzene rings is 1. The Morgan fingerprint density at radius 2 is 2.08 bits per heavy atom. The van der Waals surface area contributed by atoms with Crippen molar-refractivity contribution in [2.75, 3.05) is 33.9 Å². The van der Waals surface area contributed by atoms with Crippen LogP contribution in [0.25, 0.3) is 5.57 Å². The van der Waals surface area contributed by atoms with E-state index < -0.39 is 5.82 Å². The van der Waals surface area contributed by atoms with E-state index in [9.17, 15) is 14.4 Å². The van der Waals surface area contributed by atoms with E-state index in [0.717, 1.165) is 48.1 Å². The van der Waals surface area contributed by atoms with Crippen molar-refractivity contribution < 1.29 is 13.9 Å². The van der Waals surface area contributed by atoms with Gasteiger partial charge in [-0.1, -0.05) is 24.6 Å². The zero-order valence-electron chi connectivity index (χ0n) is 21.1. The van der Waals surface area contributed by atoms with E-state index in [-0.39, 0.29) is 5.56 Å². The van der Waals surface area contributed by atoms with Gasteiger partial charge in [-0.05, 0) is 61.4 Å². The maximum Gasteiger partial charge on any atom is 0.207 e. The van der Waals surface area contributed by atoms with Crippen LogP contribution in [0.2, 0.25) is 0 Å². The maximum absolute atomic E-state index is 14.6. The van der Waals surface area contributed by atoms with Crippen molar-refractivity contribution in [3.63, 3.8) is 0 Å². The normalized spacial score (nSPS) is 15.3. The minimum atomic E-state index is -0.560. The minimum Gasteiger partial charge on any atom is -0.393 e. The van der Waals surface area contributed by atoms with Gasteiger partial charge in [-0.2, -0.15) is 5.26 Å². The fourth-order valence-corrected chi connectivity index (χ4v) is 3.92. The molecular weight excluding hydrogens is 457 g/mol. The number of halogens is 1. The van der Waals surface area contributed by atoms with Crippen molar-refractivity contribution in [2.45, 2.75) is 38.5 Å². The number of rotatable bonds is 15. The van der Waals surface area contributed by atoms with Gasteiger partial charge in [0.1, 0.15) is 11.9 Å². The highest BCUT2D eigenvalue weighted by molar-refractivity contribution is 6.02. The number of hydrogen-bond acceptors (Lipinski definition) is 6. The average molecular weight is 494 g/mol. The molecule has 0 saturated heterocycles. The largest absolute Gasteiger partial charge is 0.393 e. The van der Waals surface area contributed by atoms with Gasteiger partial charge in [-0.25, -0.2) is 4.39 Å². The second kappa shape index (κ2) is 16.1. The van der Waals surface area contributed by atoms with Crippen LogP contribution in [-0.2, 0) is 9.53 Å². The standard InChI is InChI=1S/C28H36FN5O2/c1-32-19-24-16-22(11-12-27(24)31)28(34-14-15-36-2)25(8-6-4-3-5-7-13-33-20-35)21-9-10-23(18-30)26(29)17-21/h6,8-10,16-17,19-20,31-32,34H,3-5,7,11-15H2,1-2H3,(H,33,35)/b8-6+,24-19-,28-25+,31-27?. The number of allylic oxidation sites excluding steroid dienone is 6. The lowest BCUT2D eigenvalue weighted by atomic mass is 9.88. The lowest BCUT2D eigenvalue weighted by Gasteiger charge is -2.23. The molecule has 0 unspecified atom stereocenters. The van der Waals surface area contributed by atoms with Crippen LogP contribution in [0.5, 0.6) is 0 Å². The van der Waals surface area contributed by atoms with E-state index in [2.05, 4.69) is 22.0 Å². The van der Waals surface area contributed by atoms with E-state index in [1.54, 1.807) is 20.2 Å². The molecule has 0 saturated carbocycles. The van der Waals surface area contributed by atoms with Gasteiger partial charge < -0.3 is 26.1 Å². The summed E-state index contributed by atoms with van der Waals surface area (Å²) in [4.78, 5) is 10.4. The van der Waals surface area contributed by atoms with E-state index in [4.69, 9.17) is 10.1 Å². The minimum absolute atomic E-state index is 0.00414. The van der Waals surface area contributed by atoms with Crippen LogP contribution in [0.4, 0.5) is 4.39 Å². The molecule has 0 bridgehead atoms. The molecule has 0 atom stereocenters. The fourth-order valence-electron chi connectivity index (χ4n) is 3.92. The Kier molecular flexibility index (Phi) is 12.7. The molecule has 0 aromatic heterocycles. The van der Waals surface area contributed by atoms with Crippen LogP contribution in [0.3, 0.4) is 0 Å². The number of amides is 1. The number of nitrogens with zero attached hydrogens (tertiary/aromatic N) is 1. The summed E-state index contributed by atoms with van der Waals surface area (Å²) < 4.78 is 19.9. The first-order valence-corrected chi connectivity index (χ1v) is 12.2. The number of nitrogens with one attached hydrogen (secondary N) is 4. The van der Waals surface area contributed by atoms with Gasteiger partial charge >= 0.3 is 0 Å². The first-order chi connectivity index (χ1) is 17.5. The molecule has 1 amide bonds. The number of unbranched alkanes of at least 4 members (excludes halogenated alkanes) is 3. The predicted octanol–water partition coefficient (Wildman–Crippen LogP) is 4.35. The summed E-state index contributed by atoms with van der Waals surface area (Å²) in [5.74, 6) is -0.560. The van der Waals surface area contributed by atoms with Crippen LogP contribution in [-0.4, -0.2) is 46.0 Å². The lowest BCUT2D eigenvalue weighted by molar-refractivity contribution is -0.109. The average Bonchev–Trinajstić information content (AvgIpc) is 2.88. The summed E-state index contributed by atoms with van der Waals surface area (Å²) in [5.41, 5.74) is 4.74. The molecule has 192 valence electrons. The van der Waals surface area contributed by atoms with E-state index in [1.165, 1.54) is 12.1 Å². The van der Waals surface area contributed by atoms with E-state index in [0.29, 0.717) is 50.2 Å². The number of nitriles is 1. The number of hydrogen-bond donors (Lipinski definition) is 4. The molecule has 1 aliphatic rings. The van der Waals surface area contributed by atoms with Crippen LogP contribution < -0.4 is 16.0 Å². The Bertz CT molecular complexity index is 1070. The third kappa shape index (κ3) is 8.82. The Morgan fingerprint density at radius 3 is 2.78 bits per heavy atom. The Morgan fingerprint density at radius 1 is 1.25 bits per heavy atom. The zero-order chi connectivity index (χ0) is 26.2. The number of ether oxygens (including phenoxy) is 1. The highest BCUT2D eigenvalue weighted by Gasteiger charge is 2.19. The molecule has 7 nitrogen and oxygen atoms in total. The topological polar surface area (TPSA) is 110 Å². The SMILES string of the molecule is CN/C=C1C=C(/C(NCCOC)=C(/C=C/CCCCCNC=O)c2ccc(C#N)c(F)c2)CCC/1=N. The highest BCUT2D eigenvalue weighted by Crippen LogP contribution is 2.31. The Labute approximate surface area is 213 Å². The quantitative estimate of drug-likeness (QED) is 0.165. The highest BCUT2D eigenvalue weighted by atomic mass is 19.1. The van der Waals surface area contributed by atoms with Gasteiger partial charge in [0.15, 0.2) is 0 Å². The van der Waals surface area contributed by atoms with Crippen LogP contribution in [0, 0.1) is 22.6 Å². The zero-order valence-corrected chi connectivity index (χ0v) is 21.1. The molecule has 36 heavy (non-hydrogen) atoms. The first kappa shape index (κ1) is 28.5. The first-order valence-electron chi connectivity index (χ1n) is 12.2. The fraction of sp³-hybridized carbons (Fsp3) is 0.393. The van der Waals surface area contributed by atoms with Crippen LogP contribution >= 0.6 is 0 Å². The molecule has 0 fully saturated rings. The summed E-state index contributed by atoms with van der Waals surface area (Å²) >= 11 is 0. The second-order valence-electron chi connectivity index (χ2n) is 8.37. The molecule has 0 spiro atoms. The molecule has 4 N–H and O–H groups in total. The third-order valence-corrected chi connectivity index (χ3v) is 5.78. The monoisotopic (exact) mass is 493 g/mol. The van der Waals surface area contributed by atoms with Crippen molar-refractivity contribution >= 4 is 17.7 Å². The van der Waals surface area contributed by atoms with Gasteiger partial charge in [0.05, 0.1) is 12.2 Å². The molecule has 8 heteroatoms. The summed E-state index contributed by atoms with van der Waals surface area (Å²) in [5, 5.41) is 26.6. The van der Waals surface area contributed by atoms with E-state index >= 15 is 0 Å². The van der Waals surface area contributed by atoms with Crippen molar-refractivity contribution in [2.24, 2.45) is 0 Å². The number of carbonyl (C=O) groups is 1. The van der Waals surface area contributed by atoms with E-state index in [1.807, 2.05) is 24.4 Å². The molecule has 1 aliphatic carbocycles. The van der Waals surface area contributed by atoms with Crippen molar-refractivity contribution in [3.05, 3.63) is 76.4 Å². The predicted molar refractivity (Wildman–Crippen MR) is 142 cm³/mol. The number of methoxy groups -OCH3 is 1. The molecule has 0 heterocycles. The second-order valence-corrected chi connectivity index (χ2v) is 8.37. The van der Waals surface area contributed by atoms with Crippen LogP contribution in [0.1, 0.15) is 49.7 Å². The van der Waals surface area contributed by atoms with Crippen molar-refractivity contribution in [1.29, 1.82) is 10.7 Å². The molecular formula is C28H36FN5O2. The van der Waals surface area contributed by atoms with Gasteiger partial charge in [0.2, 0.25) is 6.41 Å². The number of carbonyl (C=O) groups excluding carboxylic acids is 1. The van der Waals surface area contributed by atoms with Gasteiger partial charge in [0.25, 0.3) is 0 Å². The smallest absolute Gasteiger partial charge is 0.207 e. The maximum atomic E-state index is 14.6. The molecule has 0 aliphatic heterocycles. The van der Waals surface area contributed by atoms with Crippen LogP contribution in [0.15, 0.2) is 59.5 Å². The molecule has 1 aromatic carbocycles. The van der Waals surface area contributed by atoms with Gasteiger partial charge in [-0.3, -0.25) is 4.79 Å². The van der Waals surface area contributed by atoms with Crippen molar-refractivity contribution in [1.82, 2.24) is 16.0 Å². The summed E-state index contributed by atoms with van der Waals surface area (Å²) in [7, 11) is 3.44. The molecule has 2 rings (SSSR count). The van der Waals surface area contributed by atoms with Crippen molar-refractivity contribution in [3.8, 4) is 6.07 Å². The summed E-state index contributed by atoms with van der Waals surface area (Å²) in [6.45, 7) is 1.73. The summed E-state index contributed by atoms with van der Waals surface area (Å²) in [6, 6.07) is 6.55. The lowest BCUT2D eigenvalue weighted by Crippen LogP contribution is -2.23. The Balaban J connectivity index is 2.49. The van der Waals surface area contributed by atoms with Gasteiger partial charge in [-0.15, -0.1) is 0 Å². The van der Waals surface area contributed by atoms with Gasteiger partial charge in [0, 0.05) is 56.0 Å².